The molecule has 1 heterocycles. The number of para-hydroxylation sites is 1. The summed E-state index contributed by atoms with van der Waals surface area (Å²) in [5.41, 5.74) is 0.704. The van der Waals surface area contributed by atoms with Gasteiger partial charge in [0.2, 0.25) is 10.0 Å². The average Bonchev–Trinajstić information content (AvgIpc) is 2.49. The van der Waals surface area contributed by atoms with Gasteiger partial charge in [0.1, 0.15) is 4.90 Å². The highest BCUT2D eigenvalue weighted by atomic mass is 32.2. The summed E-state index contributed by atoms with van der Waals surface area (Å²) >= 11 is 0. The van der Waals surface area contributed by atoms with Crippen molar-refractivity contribution in [1.29, 1.82) is 0 Å². The SMILES string of the molecule is CCCC1CCN(S(=O)(=O)c2ccccc2NCC)CC1. The van der Waals surface area contributed by atoms with Gasteiger partial charge in [0.15, 0.2) is 0 Å². The highest BCUT2D eigenvalue weighted by molar-refractivity contribution is 7.89. The van der Waals surface area contributed by atoms with Gasteiger partial charge in [-0.25, -0.2) is 8.42 Å². The van der Waals surface area contributed by atoms with Gasteiger partial charge in [-0.3, -0.25) is 0 Å². The van der Waals surface area contributed by atoms with E-state index in [1.54, 1.807) is 16.4 Å². The van der Waals surface area contributed by atoms with Gasteiger partial charge in [0.05, 0.1) is 5.69 Å². The lowest BCUT2D eigenvalue weighted by Crippen LogP contribution is -2.38. The fraction of sp³-hybridized carbons (Fsp3) is 0.625. The number of hydrogen-bond donors (Lipinski definition) is 1. The van der Waals surface area contributed by atoms with Gasteiger partial charge in [-0.15, -0.1) is 0 Å². The van der Waals surface area contributed by atoms with E-state index in [0.717, 1.165) is 12.8 Å². The van der Waals surface area contributed by atoms with Gasteiger partial charge in [-0.1, -0.05) is 31.9 Å². The first-order valence-corrected chi connectivity index (χ1v) is 9.36. The van der Waals surface area contributed by atoms with E-state index in [9.17, 15) is 8.42 Å². The summed E-state index contributed by atoms with van der Waals surface area (Å²) in [6.07, 6.45) is 4.36. The molecule has 1 aromatic rings. The first-order chi connectivity index (χ1) is 10.1. The summed E-state index contributed by atoms with van der Waals surface area (Å²) < 4.78 is 27.3. The van der Waals surface area contributed by atoms with E-state index in [1.165, 1.54) is 12.8 Å². The van der Waals surface area contributed by atoms with Crippen LogP contribution in [0.15, 0.2) is 29.2 Å². The maximum Gasteiger partial charge on any atom is 0.245 e. The number of benzene rings is 1. The number of nitrogens with zero attached hydrogens (tertiary/aromatic N) is 1. The molecule has 0 aliphatic carbocycles. The second kappa shape index (κ2) is 7.27. The van der Waals surface area contributed by atoms with Crippen molar-refractivity contribution in [3.63, 3.8) is 0 Å². The highest BCUT2D eigenvalue weighted by Gasteiger charge is 2.30. The monoisotopic (exact) mass is 310 g/mol. The van der Waals surface area contributed by atoms with Crippen molar-refractivity contribution in [2.45, 2.75) is 44.4 Å². The quantitative estimate of drug-likeness (QED) is 0.877. The van der Waals surface area contributed by atoms with Gasteiger partial charge >= 0.3 is 0 Å². The summed E-state index contributed by atoms with van der Waals surface area (Å²) in [5.74, 6) is 0.686. The van der Waals surface area contributed by atoms with E-state index in [0.29, 0.717) is 36.1 Å². The number of sulfonamides is 1. The molecule has 1 saturated heterocycles. The number of anilines is 1. The molecule has 1 aliphatic rings. The molecule has 0 unspecified atom stereocenters. The number of hydrogen-bond acceptors (Lipinski definition) is 3. The summed E-state index contributed by atoms with van der Waals surface area (Å²) in [6, 6.07) is 7.19. The van der Waals surface area contributed by atoms with Gasteiger partial charge in [0, 0.05) is 19.6 Å². The molecule has 1 aliphatic heterocycles. The molecule has 1 fully saturated rings. The zero-order valence-electron chi connectivity index (χ0n) is 13.0. The number of rotatable bonds is 6. The van der Waals surface area contributed by atoms with Crippen molar-refractivity contribution in [2.75, 3.05) is 25.0 Å². The van der Waals surface area contributed by atoms with Crippen molar-refractivity contribution in [2.24, 2.45) is 5.92 Å². The third-order valence-electron chi connectivity index (χ3n) is 4.14. The van der Waals surface area contributed by atoms with Crippen LogP contribution in [0.3, 0.4) is 0 Å². The second-order valence-electron chi connectivity index (χ2n) is 5.66. The fourth-order valence-electron chi connectivity index (χ4n) is 3.01. The molecule has 0 aromatic heterocycles. The number of piperidine rings is 1. The van der Waals surface area contributed by atoms with Gasteiger partial charge in [0.25, 0.3) is 0 Å². The number of nitrogens with one attached hydrogen (secondary N) is 1. The first kappa shape index (κ1) is 16.3. The Balaban J connectivity index is 2.16. The molecule has 5 heteroatoms. The Bertz CT molecular complexity index is 549. The van der Waals surface area contributed by atoms with Gasteiger partial charge < -0.3 is 5.32 Å². The molecule has 0 atom stereocenters. The zero-order chi connectivity index (χ0) is 15.3. The minimum Gasteiger partial charge on any atom is -0.384 e. The van der Waals surface area contributed by atoms with Crippen LogP contribution in [0.1, 0.15) is 39.5 Å². The third kappa shape index (κ3) is 3.77. The standard InChI is InChI=1S/C16H26N2O2S/c1-3-7-14-10-12-18(13-11-14)21(19,20)16-9-6-5-8-15(16)17-4-2/h5-6,8-9,14,17H,3-4,7,10-13H2,1-2H3. The lowest BCUT2D eigenvalue weighted by Gasteiger charge is -2.31. The summed E-state index contributed by atoms with van der Waals surface area (Å²) in [5, 5.41) is 3.14. The van der Waals surface area contributed by atoms with Crippen molar-refractivity contribution in [3.8, 4) is 0 Å². The van der Waals surface area contributed by atoms with Crippen molar-refractivity contribution in [1.82, 2.24) is 4.31 Å². The lowest BCUT2D eigenvalue weighted by molar-refractivity contribution is 0.262. The highest BCUT2D eigenvalue weighted by Crippen LogP contribution is 2.29. The van der Waals surface area contributed by atoms with E-state index in [-0.39, 0.29) is 0 Å². The lowest BCUT2D eigenvalue weighted by atomic mass is 9.94. The van der Waals surface area contributed by atoms with Crippen LogP contribution in [0.25, 0.3) is 0 Å². The minimum absolute atomic E-state index is 0.404. The molecule has 21 heavy (non-hydrogen) atoms. The van der Waals surface area contributed by atoms with Crippen LogP contribution in [0.4, 0.5) is 5.69 Å². The van der Waals surface area contributed by atoms with Gasteiger partial charge in [-0.2, -0.15) is 4.31 Å². The molecule has 0 spiro atoms. The Hall–Kier alpha value is -1.07. The Morgan fingerprint density at radius 2 is 1.86 bits per heavy atom. The van der Waals surface area contributed by atoms with E-state index in [1.807, 2.05) is 19.1 Å². The molecule has 2 rings (SSSR count). The Labute approximate surface area is 128 Å². The van der Waals surface area contributed by atoms with Gasteiger partial charge in [-0.05, 0) is 37.8 Å². The summed E-state index contributed by atoms with van der Waals surface area (Å²) in [4.78, 5) is 0.404. The van der Waals surface area contributed by atoms with Crippen LogP contribution < -0.4 is 5.32 Å². The maximum atomic E-state index is 12.8. The van der Waals surface area contributed by atoms with Crippen LogP contribution in [0.2, 0.25) is 0 Å². The molecule has 1 N–H and O–H groups in total. The summed E-state index contributed by atoms with van der Waals surface area (Å²) in [7, 11) is -3.38. The van der Waals surface area contributed by atoms with Crippen molar-refractivity contribution >= 4 is 15.7 Å². The van der Waals surface area contributed by atoms with E-state index in [2.05, 4.69) is 12.2 Å². The molecule has 1 aromatic carbocycles. The molecule has 0 amide bonds. The zero-order valence-corrected chi connectivity index (χ0v) is 13.8. The Morgan fingerprint density at radius 1 is 1.19 bits per heavy atom. The topological polar surface area (TPSA) is 49.4 Å². The van der Waals surface area contributed by atoms with E-state index in [4.69, 9.17) is 0 Å². The predicted octanol–water partition coefficient (Wildman–Crippen LogP) is 3.32. The van der Waals surface area contributed by atoms with E-state index < -0.39 is 10.0 Å². The molecule has 0 bridgehead atoms. The van der Waals surface area contributed by atoms with Crippen molar-refractivity contribution < 1.29 is 8.42 Å². The second-order valence-corrected chi connectivity index (χ2v) is 7.57. The maximum absolute atomic E-state index is 12.8. The molecular formula is C16H26N2O2S. The fourth-order valence-corrected chi connectivity index (χ4v) is 4.65. The molecular weight excluding hydrogens is 284 g/mol. The normalized spacial score (nSPS) is 17.8. The smallest absolute Gasteiger partial charge is 0.245 e. The molecule has 0 saturated carbocycles. The third-order valence-corrected chi connectivity index (χ3v) is 6.10. The Kier molecular flexibility index (Phi) is 5.65. The predicted molar refractivity (Wildman–Crippen MR) is 87.0 cm³/mol. The van der Waals surface area contributed by atoms with Crippen molar-refractivity contribution in [3.05, 3.63) is 24.3 Å². The van der Waals surface area contributed by atoms with Crippen LogP contribution in [0.5, 0.6) is 0 Å². The first-order valence-electron chi connectivity index (χ1n) is 7.92. The largest absolute Gasteiger partial charge is 0.384 e. The Morgan fingerprint density at radius 3 is 2.48 bits per heavy atom. The molecule has 118 valence electrons. The van der Waals surface area contributed by atoms with E-state index >= 15 is 0 Å². The molecule has 0 radical (unpaired) electrons. The average molecular weight is 310 g/mol. The van der Waals surface area contributed by atoms with Crippen LogP contribution >= 0.6 is 0 Å². The van der Waals surface area contributed by atoms with Crippen LogP contribution in [-0.4, -0.2) is 32.4 Å². The minimum atomic E-state index is -3.38. The summed E-state index contributed by atoms with van der Waals surface area (Å²) in [6.45, 7) is 6.17. The molecule has 4 nitrogen and oxygen atoms in total. The van der Waals surface area contributed by atoms with Crippen LogP contribution in [0, 0.1) is 5.92 Å². The van der Waals surface area contributed by atoms with Crippen LogP contribution in [-0.2, 0) is 10.0 Å².